The van der Waals surface area contributed by atoms with Gasteiger partial charge in [0.2, 0.25) is 0 Å². The van der Waals surface area contributed by atoms with E-state index in [0.717, 1.165) is 6.54 Å². The lowest BCUT2D eigenvalue weighted by Gasteiger charge is -2.12. The van der Waals surface area contributed by atoms with Crippen molar-refractivity contribution in [3.63, 3.8) is 0 Å². The van der Waals surface area contributed by atoms with Crippen LogP contribution >= 0.6 is 11.3 Å². The largest absolute Gasteiger partial charge is 0.306 e. The van der Waals surface area contributed by atoms with Gasteiger partial charge in [-0.25, -0.2) is 0 Å². The lowest BCUT2D eigenvalue weighted by Crippen LogP contribution is -2.25. The molecular weight excluding hydrogens is 178 g/mol. The summed E-state index contributed by atoms with van der Waals surface area (Å²) in [5.41, 5.74) is 0. The van der Waals surface area contributed by atoms with E-state index < -0.39 is 0 Å². The summed E-state index contributed by atoms with van der Waals surface area (Å²) in [5, 5.41) is 5.58. The van der Waals surface area contributed by atoms with Crippen LogP contribution in [0.2, 0.25) is 0 Å². The van der Waals surface area contributed by atoms with Crippen LogP contribution in [-0.4, -0.2) is 6.04 Å². The van der Waals surface area contributed by atoms with Gasteiger partial charge in [0, 0.05) is 17.5 Å². The molecule has 1 aromatic heterocycles. The Morgan fingerprint density at radius 2 is 2.54 bits per heavy atom. The second-order valence-electron chi connectivity index (χ2n) is 3.09. The lowest BCUT2D eigenvalue weighted by atomic mass is 10.1. The molecule has 0 spiro atoms. The molecule has 0 aliphatic rings. The Morgan fingerprint density at radius 3 is 3.08 bits per heavy atom. The summed E-state index contributed by atoms with van der Waals surface area (Å²) in [4.78, 5) is 1.39. The SMILES string of the molecule is C=C[C@@H](CCC)NCc1cccs1. The molecule has 13 heavy (non-hydrogen) atoms. The Balaban J connectivity index is 2.27. The van der Waals surface area contributed by atoms with Gasteiger partial charge in [0.1, 0.15) is 0 Å². The summed E-state index contributed by atoms with van der Waals surface area (Å²) in [7, 11) is 0. The van der Waals surface area contributed by atoms with Gasteiger partial charge in [-0.05, 0) is 17.9 Å². The first-order valence-electron chi connectivity index (χ1n) is 4.75. The van der Waals surface area contributed by atoms with Crippen LogP contribution in [-0.2, 0) is 6.54 Å². The second kappa shape index (κ2) is 5.95. The number of hydrogen-bond donors (Lipinski definition) is 1. The number of rotatable bonds is 6. The van der Waals surface area contributed by atoms with Crippen LogP contribution in [0.25, 0.3) is 0 Å². The molecule has 0 aromatic carbocycles. The van der Waals surface area contributed by atoms with E-state index >= 15 is 0 Å². The highest BCUT2D eigenvalue weighted by Gasteiger charge is 2.01. The standard InChI is InChI=1S/C11H17NS/c1-3-6-10(4-2)12-9-11-7-5-8-13-11/h4-5,7-8,10,12H,2-3,6,9H2,1H3/t10-/m0/s1. The van der Waals surface area contributed by atoms with Crippen molar-refractivity contribution in [2.45, 2.75) is 32.4 Å². The van der Waals surface area contributed by atoms with E-state index in [1.165, 1.54) is 17.7 Å². The third-order valence-corrected chi connectivity index (χ3v) is 2.88. The Bertz CT molecular complexity index is 228. The second-order valence-corrected chi connectivity index (χ2v) is 4.12. The zero-order chi connectivity index (χ0) is 9.52. The van der Waals surface area contributed by atoms with Gasteiger partial charge in [0.15, 0.2) is 0 Å². The molecule has 0 fully saturated rings. The third-order valence-electron chi connectivity index (χ3n) is 2.00. The fraction of sp³-hybridized carbons (Fsp3) is 0.455. The minimum atomic E-state index is 0.465. The van der Waals surface area contributed by atoms with Gasteiger partial charge in [-0.1, -0.05) is 25.5 Å². The molecule has 0 amide bonds. The first-order chi connectivity index (χ1) is 6.36. The molecule has 2 heteroatoms. The summed E-state index contributed by atoms with van der Waals surface area (Å²) >= 11 is 1.80. The normalized spacial score (nSPS) is 12.7. The molecule has 1 aromatic rings. The highest BCUT2D eigenvalue weighted by Crippen LogP contribution is 2.08. The van der Waals surface area contributed by atoms with Gasteiger partial charge in [0.25, 0.3) is 0 Å². The molecule has 0 aliphatic carbocycles. The number of nitrogens with one attached hydrogen (secondary N) is 1. The van der Waals surface area contributed by atoms with Crippen LogP contribution in [0.15, 0.2) is 30.2 Å². The molecule has 1 atom stereocenters. The topological polar surface area (TPSA) is 12.0 Å². The maximum Gasteiger partial charge on any atom is 0.0305 e. The van der Waals surface area contributed by atoms with Crippen LogP contribution in [0.1, 0.15) is 24.6 Å². The van der Waals surface area contributed by atoms with Crippen LogP contribution in [0.3, 0.4) is 0 Å². The zero-order valence-electron chi connectivity index (χ0n) is 8.12. The Morgan fingerprint density at radius 1 is 1.69 bits per heavy atom. The lowest BCUT2D eigenvalue weighted by molar-refractivity contribution is 0.553. The molecule has 0 saturated heterocycles. The number of hydrogen-bond acceptors (Lipinski definition) is 2. The van der Waals surface area contributed by atoms with Crippen molar-refractivity contribution in [3.8, 4) is 0 Å². The molecule has 72 valence electrons. The average molecular weight is 195 g/mol. The van der Waals surface area contributed by atoms with Crippen LogP contribution < -0.4 is 5.32 Å². The Labute approximate surface area is 84.5 Å². The summed E-state index contributed by atoms with van der Waals surface area (Å²) in [6.07, 6.45) is 4.38. The molecule has 0 bridgehead atoms. The van der Waals surface area contributed by atoms with E-state index in [1.807, 2.05) is 6.08 Å². The van der Waals surface area contributed by atoms with E-state index in [2.05, 4.69) is 36.3 Å². The van der Waals surface area contributed by atoms with Gasteiger partial charge in [-0.15, -0.1) is 17.9 Å². The maximum absolute atomic E-state index is 3.82. The van der Waals surface area contributed by atoms with E-state index in [-0.39, 0.29) is 0 Å². The van der Waals surface area contributed by atoms with Gasteiger partial charge >= 0.3 is 0 Å². The van der Waals surface area contributed by atoms with Crippen molar-refractivity contribution in [1.29, 1.82) is 0 Å². The van der Waals surface area contributed by atoms with E-state index in [1.54, 1.807) is 11.3 Å². The van der Waals surface area contributed by atoms with Crippen molar-refractivity contribution < 1.29 is 0 Å². The minimum Gasteiger partial charge on any atom is -0.306 e. The van der Waals surface area contributed by atoms with Gasteiger partial charge in [-0.2, -0.15) is 0 Å². The highest BCUT2D eigenvalue weighted by molar-refractivity contribution is 7.09. The molecule has 0 aliphatic heterocycles. The van der Waals surface area contributed by atoms with Crippen LogP contribution in [0, 0.1) is 0 Å². The van der Waals surface area contributed by atoms with Gasteiger partial charge in [0.05, 0.1) is 0 Å². The van der Waals surface area contributed by atoms with E-state index in [9.17, 15) is 0 Å². The highest BCUT2D eigenvalue weighted by atomic mass is 32.1. The summed E-state index contributed by atoms with van der Waals surface area (Å²) in [5.74, 6) is 0. The van der Waals surface area contributed by atoms with Crippen molar-refractivity contribution in [2.24, 2.45) is 0 Å². The Kier molecular flexibility index (Phi) is 4.79. The van der Waals surface area contributed by atoms with Crippen molar-refractivity contribution in [1.82, 2.24) is 5.32 Å². The van der Waals surface area contributed by atoms with Gasteiger partial charge in [-0.3, -0.25) is 0 Å². The zero-order valence-corrected chi connectivity index (χ0v) is 8.94. The molecule has 0 saturated carbocycles. The summed E-state index contributed by atoms with van der Waals surface area (Å²) < 4.78 is 0. The molecule has 0 unspecified atom stereocenters. The van der Waals surface area contributed by atoms with E-state index in [0.29, 0.717) is 6.04 Å². The van der Waals surface area contributed by atoms with Gasteiger partial charge < -0.3 is 5.32 Å². The monoisotopic (exact) mass is 195 g/mol. The fourth-order valence-electron chi connectivity index (χ4n) is 1.26. The Hall–Kier alpha value is -0.600. The summed E-state index contributed by atoms with van der Waals surface area (Å²) in [6.45, 7) is 6.98. The number of thiophene rings is 1. The molecule has 1 N–H and O–H groups in total. The predicted molar refractivity (Wildman–Crippen MR) is 60.1 cm³/mol. The summed E-state index contributed by atoms with van der Waals surface area (Å²) in [6, 6.07) is 4.71. The van der Waals surface area contributed by atoms with Crippen molar-refractivity contribution >= 4 is 11.3 Å². The molecule has 0 radical (unpaired) electrons. The molecule has 1 heterocycles. The smallest absolute Gasteiger partial charge is 0.0305 e. The molecular formula is C11H17NS. The maximum atomic E-state index is 3.82. The first-order valence-corrected chi connectivity index (χ1v) is 5.63. The van der Waals surface area contributed by atoms with Crippen molar-refractivity contribution in [2.75, 3.05) is 0 Å². The van der Waals surface area contributed by atoms with Crippen molar-refractivity contribution in [3.05, 3.63) is 35.0 Å². The average Bonchev–Trinajstić information content (AvgIpc) is 2.64. The van der Waals surface area contributed by atoms with Crippen LogP contribution in [0.4, 0.5) is 0 Å². The first kappa shape index (κ1) is 10.5. The minimum absolute atomic E-state index is 0.465. The molecule has 1 rings (SSSR count). The fourth-order valence-corrected chi connectivity index (χ4v) is 1.91. The third kappa shape index (κ3) is 3.75. The van der Waals surface area contributed by atoms with Crippen LogP contribution in [0.5, 0.6) is 0 Å². The predicted octanol–water partition coefficient (Wildman–Crippen LogP) is 3.19. The van der Waals surface area contributed by atoms with E-state index in [4.69, 9.17) is 0 Å². The quantitative estimate of drug-likeness (QED) is 0.687. The molecule has 1 nitrogen and oxygen atoms in total.